The molecule has 0 fully saturated rings. The van der Waals surface area contributed by atoms with Gasteiger partial charge in [-0.15, -0.1) is 0 Å². The van der Waals surface area contributed by atoms with E-state index in [1.165, 1.54) is 7.11 Å². The molecule has 3 aromatic carbocycles. The van der Waals surface area contributed by atoms with Crippen molar-refractivity contribution in [2.24, 2.45) is 0 Å². The number of hydrogen-bond acceptors (Lipinski definition) is 4. The van der Waals surface area contributed by atoms with Crippen molar-refractivity contribution < 1.29 is 20.1 Å². The lowest BCUT2D eigenvalue weighted by Crippen LogP contribution is -1.99. The smallest absolute Gasteiger partial charge is 0.160 e. The van der Waals surface area contributed by atoms with Crippen LogP contribution in [0.5, 0.6) is 23.0 Å². The topological polar surface area (TPSA) is 69.9 Å². The van der Waals surface area contributed by atoms with E-state index >= 15 is 0 Å². The first kappa shape index (κ1) is 17.7. The Morgan fingerprint density at radius 3 is 2.08 bits per heavy atom. The molecule has 0 bridgehead atoms. The number of ether oxygens (including phenoxy) is 1. The van der Waals surface area contributed by atoms with E-state index in [1.54, 1.807) is 36.4 Å². The molecule has 26 heavy (non-hydrogen) atoms. The molecule has 3 rings (SSSR count). The number of benzene rings is 3. The summed E-state index contributed by atoms with van der Waals surface area (Å²) < 4.78 is 5.07. The summed E-state index contributed by atoms with van der Waals surface area (Å²) in [5.74, 6) is 1.08. The molecule has 134 valence electrons. The van der Waals surface area contributed by atoms with Crippen molar-refractivity contribution in [3.8, 4) is 23.0 Å². The van der Waals surface area contributed by atoms with E-state index in [4.69, 9.17) is 4.74 Å². The third-order valence-electron chi connectivity index (χ3n) is 4.45. The molecule has 4 heteroatoms. The summed E-state index contributed by atoms with van der Waals surface area (Å²) >= 11 is 0. The second kappa shape index (κ2) is 7.83. The van der Waals surface area contributed by atoms with Crippen LogP contribution in [-0.4, -0.2) is 22.4 Å². The van der Waals surface area contributed by atoms with Crippen molar-refractivity contribution in [3.05, 3.63) is 82.9 Å². The number of aryl methyl sites for hydroxylation is 2. The number of aromatic hydroxyl groups is 3. The van der Waals surface area contributed by atoms with Crippen LogP contribution in [0.1, 0.15) is 22.3 Å². The maximum Gasteiger partial charge on any atom is 0.160 e. The van der Waals surface area contributed by atoms with Crippen LogP contribution in [0.25, 0.3) is 0 Å². The van der Waals surface area contributed by atoms with Crippen molar-refractivity contribution >= 4 is 0 Å². The number of phenols is 3. The minimum absolute atomic E-state index is 0.130. The van der Waals surface area contributed by atoms with Gasteiger partial charge < -0.3 is 20.1 Å². The average molecular weight is 350 g/mol. The summed E-state index contributed by atoms with van der Waals surface area (Å²) in [5, 5.41) is 29.2. The molecule has 0 spiro atoms. The van der Waals surface area contributed by atoms with E-state index in [-0.39, 0.29) is 17.2 Å². The van der Waals surface area contributed by atoms with E-state index in [0.29, 0.717) is 5.75 Å². The molecule has 3 aromatic rings. The van der Waals surface area contributed by atoms with E-state index < -0.39 is 0 Å². The molecule has 0 aromatic heterocycles. The minimum Gasteiger partial charge on any atom is -0.508 e. The molecule has 3 N–H and O–H groups in total. The predicted molar refractivity (Wildman–Crippen MR) is 101 cm³/mol. The summed E-state index contributed by atoms with van der Waals surface area (Å²) in [7, 11) is 1.52. The zero-order chi connectivity index (χ0) is 18.5. The van der Waals surface area contributed by atoms with Crippen molar-refractivity contribution in [3.63, 3.8) is 0 Å². The lowest BCUT2D eigenvalue weighted by atomic mass is 9.95. The largest absolute Gasteiger partial charge is 0.508 e. The molecular formula is C22H22O4. The first-order chi connectivity index (χ1) is 12.5. The van der Waals surface area contributed by atoms with Gasteiger partial charge in [-0.1, -0.05) is 24.3 Å². The van der Waals surface area contributed by atoms with Gasteiger partial charge in [0, 0.05) is 0 Å². The summed E-state index contributed by atoms with van der Waals surface area (Å²) in [6.07, 6.45) is 2.21. The number of phenolic OH excluding ortho intramolecular Hbond substituents is 3. The van der Waals surface area contributed by atoms with Crippen molar-refractivity contribution in [1.82, 2.24) is 0 Å². The van der Waals surface area contributed by atoms with Crippen molar-refractivity contribution in [1.29, 1.82) is 0 Å². The molecule has 0 radical (unpaired) electrons. The van der Waals surface area contributed by atoms with Crippen LogP contribution < -0.4 is 4.74 Å². The first-order valence-corrected chi connectivity index (χ1v) is 8.49. The van der Waals surface area contributed by atoms with Crippen LogP contribution >= 0.6 is 0 Å². The Morgan fingerprint density at radius 2 is 1.38 bits per heavy atom. The number of methoxy groups -OCH3 is 1. The standard InChI is InChI=1S/C22H22O4/c1-26-22-11-5-16(13-21(22)25)2-6-18-14-20(24)10-7-17(18)12-15-3-8-19(23)9-4-15/h3-5,7-11,13-14,23-25H,2,6,12H2,1H3. The van der Waals surface area contributed by atoms with Gasteiger partial charge in [-0.05, 0) is 77.9 Å². The molecule has 0 saturated heterocycles. The van der Waals surface area contributed by atoms with E-state index in [0.717, 1.165) is 41.5 Å². The van der Waals surface area contributed by atoms with Crippen LogP contribution in [0.2, 0.25) is 0 Å². The van der Waals surface area contributed by atoms with Gasteiger partial charge in [-0.2, -0.15) is 0 Å². The van der Waals surface area contributed by atoms with Gasteiger partial charge >= 0.3 is 0 Å². The fourth-order valence-corrected chi connectivity index (χ4v) is 3.02. The molecule has 0 saturated carbocycles. The van der Waals surface area contributed by atoms with Gasteiger partial charge in [0.1, 0.15) is 11.5 Å². The van der Waals surface area contributed by atoms with Crippen molar-refractivity contribution in [2.75, 3.05) is 7.11 Å². The maximum atomic E-state index is 9.92. The third kappa shape index (κ3) is 4.28. The first-order valence-electron chi connectivity index (χ1n) is 8.49. The van der Waals surface area contributed by atoms with Gasteiger partial charge in [0.05, 0.1) is 7.11 Å². The highest BCUT2D eigenvalue weighted by molar-refractivity contribution is 5.43. The highest BCUT2D eigenvalue weighted by Gasteiger charge is 2.08. The van der Waals surface area contributed by atoms with Crippen LogP contribution in [0.15, 0.2) is 60.7 Å². The Bertz CT molecular complexity index is 885. The van der Waals surface area contributed by atoms with Crippen LogP contribution in [0, 0.1) is 0 Å². The lowest BCUT2D eigenvalue weighted by molar-refractivity contribution is 0.373. The summed E-state index contributed by atoms with van der Waals surface area (Å²) in [4.78, 5) is 0. The maximum absolute atomic E-state index is 9.92. The highest BCUT2D eigenvalue weighted by Crippen LogP contribution is 2.28. The van der Waals surface area contributed by atoms with Crippen LogP contribution in [0.4, 0.5) is 0 Å². The molecule has 0 unspecified atom stereocenters. The molecular weight excluding hydrogens is 328 g/mol. The van der Waals surface area contributed by atoms with E-state index in [2.05, 4.69) is 0 Å². The monoisotopic (exact) mass is 350 g/mol. The lowest BCUT2D eigenvalue weighted by Gasteiger charge is -2.12. The summed E-state index contributed by atoms with van der Waals surface area (Å²) in [6.45, 7) is 0. The zero-order valence-electron chi connectivity index (χ0n) is 14.6. The van der Waals surface area contributed by atoms with E-state index in [1.807, 2.05) is 24.3 Å². The Hall–Kier alpha value is -3.14. The van der Waals surface area contributed by atoms with Gasteiger partial charge in [-0.3, -0.25) is 0 Å². The second-order valence-corrected chi connectivity index (χ2v) is 6.30. The normalized spacial score (nSPS) is 10.7. The fraction of sp³-hybridized carbons (Fsp3) is 0.182. The summed E-state index contributed by atoms with van der Waals surface area (Å²) in [5.41, 5.74) is 4.29. The molecule has 0 aliphatic carbocycles. The number of rotatable bonds is 6. The SMILES string of the molecule is COc1ccc(CCc2cc(O)ccc2Cc2ccc(O)cc2)cc1O. The van der Waals surface area contributed by atoms with Gasteiger partial charge in [0.2, 0.25) is 0 Å². The molecule has 4 nitrogen and oxygen atoms in total. The van der Waals surface area contributed by atoms with Gasteiger partial charge in [-0.25, -0.2) is 0 Å². The Balaban J connectivity index is 1.77. The van der Waals surface area contributed by atoms with Gasteiger partial charge in [0.15, 0.2) is 11.5 Å². The van der Waals surface area contributed by atoms with Crippen LogP contribution in [0.3, 0.4) is 0 Å². The van der Waals surface area contributed by atoms with Crippen molar-refractivity contribution in [2.45, 2.75) is 19.3 Å². The fourth-order valence-electron chi connectivity index (χ4n) is 3.02. The summed E-state index contributed by atoms with van der Waals surface area (Å²) in [6, 6.07) is 18.0. The average Bonchev–Trinajstić information content (AvgIpc) is 2.64. The zero-order valence-corrected chi connectivity index (χ0v) is 14.6. The molecule has 0 heterocycles. The van der Waals surface area contributed by atoms with Gasteiger partial charge in [0.25, 0.3) is 0 Å². The number of hydrogen-bond donors (Lipinski definition) is 3. The van der Waals surface area contributed by atoms with Crippen LogP contribution in [-0.2, 0) is 19.3 Å². The Labute approximate surface area is 153 Å². The molecule has 0 aliphatic rings. The Morgan fingerprint density at radius 1 is 0.692 bits per heavy atom. The highest BCUT2D eigenvalue weighted by atomic mass is 16.5. The third-order valence-corrected chi connectivity index (χ3v) is 4.45. The quantitative estimate of drug-likeness (QED) is 0.623. The minimum atomic E-state index is 0.130. The molecule has 0 amide bonds. The molecule has 0 atom stereocenters. The predicted octanol–water partition coefficient (Wildman–Crippen LogP) is 4.19. The van der Waals surface area contributed by atoms with E-state index in [9.17, 15) is 15.3 Å². The Kier molecular flexibility index (Phi) is 5.32. The molecule has 0 aliphatic heterocycles. The second-order valence-electron chi connectivity index (χ2n) is 6.30.